The highest BCUT2D eigenvalue weighted by Crippen LogP contribution is 2.40. The maximum absolute atomic E-state index is 12.4. The van der Waals surface area contributed by atoms with Gasteiger partial charge in [-0.2, -0.15) is 0 Å². The number of rotatable bonds is 4. The van der Waals surface area contributed by atoms with Gasteiger partial charge in [0.15, 0.2) is 0 Å². The fourth-order valence-electron chi connectivity index (χ4n) is 4.62. The summed E-state index contributed by atoms with van der Waals surface area (Å²) in [6, 6.07) is 31.1. The average Bonchev–Trinajstić information content (AvgIpc) is 3.13. The first-order valence-electron chi connectivity index (χ1n) is 10.5. The van der Waals surface area contributed by atoms with E-state index in [1.54, 1.807) is 0 Å². The molecule has 0 unspecified atom stereocenters. The summed E-state index contributed by atoms with van der Waals surface area (Å²) in [5.74, 6) is -0.336. The highest BCUT2D eigenvalue weighted by Gasteiger charge is 2.23. The molecule has 0 aliphatic rings. The number of hydrogen-bond acceptors (Lipinski definition) is 2. The second kappa shape index (κ2) is 8.29. The van der Waals surface area contributed by atoms with Crippen LogP contribution in [0.2, 0.25) is 0 Å². The Morgan fingerprint density at radius 2 is 1.47 bits per heavy atom. The molecule has 3 nitrogen and oxygen atoms in total. The molecule has 0 atom stereocenters. The van der Waals surface area contributed by atoms with Gasteiger partial charge in [-0.15, -0.1) is 0 Å². The van der Waals surface area contributed by atoms with Gasteiger partial charge in [0, 0.05) is 15.2 Å². The Morgan fingerprint density at radius 3 is 2.06 bits per heavy atom. The molecule has 0 fully saturated rings. The molecule has 1 aromatic heterocycles. The van der Waals surface area contributed by atoms with Crippen LogP contribution in [0.15, 0.2) is 95.5 Å². The first kappa shape index (κ1) is 20.5. The van der Waals surface area contributed by atoms with Crippen LogP contribution in [0.4, 0.5) is 0 Å². The zero-order valence-electron chi connectivity index (χ0n) is 17.9. The van der Waals surface area contributed by atoms with E-state index >= 15 is 0 Å². The lowest BCUT2D eigenvalue weighted by Gasteiger charge is -2.23. The van der Waals surface area contributed by atoms with Crippen LogP contribution >= 0.6 is 15.9 Å². The SMILES string of the molecule is COC(=O)c1ccc2c3c(C)cc(Br)cc3n(C(c3ccccc3)c3ccccc3)c2c1. The molecule has 1 heterocycles. The highest BCUT2D eigenvalue weighted by molar-refractivity contribution is 9.10. The Bertz CT molecular complexity index is 1400. The van der Waals surface area contributed by atoms with Gasteiger partial charge in [0.05, 0.1) is 29.7 Å². The Hall–Kier alpha value is -3.37. The Kier molecular flexibility index (Phi) is 5.32. The lowest BCUT2D eigenvalue weighted by atomic mass is 9.98. The summed E-state index contributed by atoms with van der Waals surface area (Å²) in [6.07, 6.45) is 0. The minimum atomic E-state index is -0.336. The monoisotopic (exact) mass is 483 g/mol. The molecule has 0 spiro atoms. The van der Waals surface area contributed by atoms with Crippen molar-refractivity contribution < 1.29 is 9.53 Å². The van der Waals surface area contributed by atoms with Gasteiger partial charge in [0.2, 0.25) is 0 Å². The van der Waals surface area contributed by atoms with E-state index in [9.17, 15) is 4.79 Å². The van der Waals surface area contributed by atoms with Crippen LogP contribution in [0.1, 0.15) is 33.1 Å². The van der Waals surface area contributed by atoms with E-state index in [2.05, 4.69) is 88.1 Å². The number of carbonyl (C=O) groups excluding carboxylic acids is 1. The summed E-state index contributed by atoms with van der Waals surface area (Å²) in [4.78, 5) is 12.4. The van der Waals surface area contributed by atoms with Crippen LogP contribution in [0.3, 0.4) is 0 Å². The zero-order valence-corrected chi connectivity index (χ0v) is 19.5. The number of fused-ring (bicyclic) bond motifs is 3. The summed E-state index contributed by atoms with van der Waals surface area (Å²) in [5.41, 5.74) is 6.20. The second-order valence-corrected chi connectivity index (χ2v) is 8.85. The Morgan fingerprint density at radius 1 is 0.844 bits per heavy atom. The number of aryl methyl sites for hydroxylation is 1. The number of hydrogen-bond donors (Lipinski definition) is 0. The van der Waals surface area contributed by atoms with E-state index in [0.29, 0.717) is 5.56 Å². The van der Waals surface area contributed by atoms with Crippen molar-refractivity contribution in [2.45, 2.75) is 13.0 Å². The summed E-state index contributed by atoms with van der Waals surface area (Å²) < 4.78 is 8.39. The Labute approximate surface area is 195 Å². The van der Waals surface area contributed by atoms with E-state index in [1.165, 1.54) is 29.2 Å². The predicted octanol–water partition coefficient (Wildman–Crippen LogP) is 7.29. The van der Waals surface area contributed by atoms with E-state index in [4.69, 9.17) is 4.74 Å². The number of nitrogens with zero attached hydrogens (tertiary/aromatic N) is 1. The zero-order chi connectivity index (χ0) is 22.2. The number of halogens is 1. The predicted molar refractivity (Wildman–Crippen MR) is 133 cm³/mol. The van der Waals surface area contributed by atoms with Crippen molar-refractivity contribution in [3.05, 3.63) is 118 Å². The van der Waals surface area contributed by atoms with Crippen molar-refractivity contribution >= 4 is 43.7 Å². The number of aromatic nitrogens is 1. The van der Waals surface area contributed by atoms with E-state index in [-0.39, 0.29) is 12.0 Å². The van der Waals surface area contributed by atoms with Crippen molar-refractivity contribution in [1.29, 1.82) is 0 Å². The van der Waals surface area contributed by atoms with Crippen molar-refractivity contribution in [2.24, 2.45) is 0 Å². The second-order valence-electron chi connectivity index (χ2n) is 7.93. The molecular weight excluding hydrogens is 462 g/mol. The fraction of sp³-hybridized carbons (Fsp3) is 0.107. The summed E-state index contributed by atoms with van der Waals surface area (Å²) in [5, 5.41) is 2.31. The van der Waals surface area contributed by atoms with Crippen molar-refractivity contribution in [3.63, 3.8) is 0 Å². The van der Waals surface area contributed by atoms with Gasteiger partial charge in [-0.1, -0.05) is 82.7 Å². The molecule has 0 saturated heterocycles. The molecule has 5 rings (SSSR count). The molecule has 0 bridgehead atoms. The molecule has 5 aromatic rings. The molecule has 158 valence electrons. The maximum atomic E-state index is 12.4. The largest absolute Gasteiger partial charge is 0.465 e. The summed E-state index contributed by atoms with van der Waals surface area (Å²) >= 11 is 3.70. The number of carbonyl (C=O) groups is 1. The number of esters is 1. The molecule has 0 N–H and O–H groups in total. The number of ether oxygens (including phenoxy) is 1. The van der Waals surface area contributed by atoms with Gasteiger partial charge >= 0.3 is 5.97 Å². The molecule has 32 heavy (non-hydrogen) atoms. The van der Waals surface area contributed by atoms with E-state index in [0.717, 1.165) is 20.9 Å². The Balaban J connectivity index is 1.94. The standard InChI is InChI=1S/C28H22BrNO2/c1-18-15-22(29)17-25-26(18)23-14-13-21(28(31)32-2)16-24(23)30(25)27(19-9-5-3-6-10-19)20-11-7-4-8-12-20/h3-17,27H,1-2H3. The van der Waals surface area contributed by atoms with E-state index in [1.807, 2.05) is 30.3 Å². The summed E-state index contributed by atoms with van der Waals surface area (Å²) in [7, 11) is 1.42. The minimum Gasteiger partial charge on any atom is -0.465 e. The van der Waals surface area contributed by atoms with Crippen molar-refractivity contribution in [2.75, 3.05) is 7.11 Å². The molecular formula is C28H22BrNO2. The van der Waals surface area contributed by atoms with Crippen molar-refractivity contribution in [3.8, 4) is 0 Å². The topological polar surface area (TPSA) is 31.2 Å². The molecule has 0 aliphatic carbocycles. The van der Waals surface area contributed by atoms with Gasteiger partial charge in [-0.25, -0.2) is 4.79 Å². The fourth-order valence-corrected chi connectivity index (χ4v) is 5.18. The highest BCUT2D eigenvalue weighted by atomic mass is 79.9. The average molecular weight is 484 g/mol. The molecule has 0 amide bonds. The third kappa shape index (κ3) is 3.41. The van der Waals surface area contributed by atoms with Gasteiger partial charge in [-0.3, -0.25) is 0 Å². The first-order chi connectivity index (χ1) is 15.6. The first-order valence-corrected chi connectivity index (χ1v) is 11.3. The third-order valence-corrected chi connectivity index (χ3v) is 6.43. The van der Waals surface area contributed by atoms with Crippen LogP contribution in [0, 0.1) is 6.92 Å². The quantitative estimate of drug-likeness (QED) is 0.251. The number of benzene rings is 4. The maximum Gasteiger partial charge on any atom is 0.337 e. The third-order valence-electron chi connectivity index (χ3n) is 5.98. The number of methoxy groups -OCH3 is 1. The van der Waals surface area contributed by atoms with Crippen molar-refractivity contribution in [1.82, 2.24) is 4.57 Å². The summed E-state index contributed by atoms with van der Waals surface area (Å²) in [6.45, 7) is 2.13. The lowest BCUT2D eigenvalue weighted by Crippen LogP contribution is -2.12. The van der Waals surface area contributed by atoms with Crippen LogP contribution < -0.4 is 0 Å². The van der Waals surface area contributed by atoms with E-state index < -0.39 is 0 Å². The lowest BCUT2D eigenvalue weighted by molar-refractivity contribution is 0.0601. The minimum absolute atomic E-state index is 0.0565. The van der Waals surface area contributed by atoms with Crippen LogP contribution in [0.25, 0.3) is 21.8 Å². The smallest absolute Gasteiger partial charge is 0.337 e. The van der Waals surface area contributed by atoms with Gasteiger partial charge in [0.1, 0.15) is 0 Å². The molecule has 0 radical (unpaired) electrons. The molecule has 0 aliphatic heterocycles. The van der Waals surface area contributed by atoms with Crippen LogP contribution in [0.5, 0.6) is 0 Å². The van der Waals surface area contributed by atoms with Gasteiger partial charge in [0.25, 0.3) is 0 Å². The van der Waals surface area contributed by atoms with Gasteiger partial charge < -0.3 is 9.30 Å². The van der Waals surface area contributed by atoms with Gasteiger partial charge in [-0.05, 0) is 47.9 Å². The van der Waals surface area contributed by atoms with Crippen LogP contribution in [-0.2, 0) is 4.74 Å². The molecule has 0 saturated carbocycles. The molecule has 4 heteroatoms. The van der Waals surface area contributed by atoms with Crippen LogP contribution in [-0.4, -0.2) is 17.6 Å². The molecule has 4 aromatic carbocycles. The normalized spacial score (nSPS) is 11.4.